The molecule has 0 unspecified atom stereocenters. The number of hydrogen-bond donors (Lipinski definition) is 1. The van der Waals surface area contributed by atoms with Crippen LogP contribution in [0.4, 0.5) is 0 Å². The largest absolute Gasteiger partial charge is 0.479 e. The van der Waals surface area contributed by atoms with E-state index in [4.69, 9.17) is 9.84 Å². The minimum absolute atomic E-state index is 0.0579. The molecule has 0 aromatic carbocycles. The quantitative estimate of drug-likeness (QED) is 0.658. The minimum atomic E-state index is -0.889. The highest BCUT2D eigenvalue weighted by molar-refractivity contribution is 5.78. The van der Waals surface area contributed by atoms with Crippen molar-refractivity contribution in [3.63, 3.8) is 0 Å². The predicted molar refractivity (Wildman–Crippen MR) is 40.4 cm³/mol. The van der Waals surface area contributed by atoms with Crippen molar-refractivity contribution in [2.45, 2.75) is 32.3 Å². The number of aliphatic carboxylic acids is 1. The molecule has 0 spiro atoms. The highest BCUT2D eigenvalue weighted by Crippen LogP contribution is 2.32. The van der Waals surface area contributed by atoms with Crippen LogP contribution >= 0.6 is 0 Å². The van der Waals surface area contributed by atoms with E-state index in [1.54, 1.807) is 0 Å². The first-order chi connectivity index (χ1) is 5.09. The van der Waals surface area contributed by atoms with Crippen molar-refractivity contribution in [2.75, 3.05) is 6.61 Å². The van der Waals surface area contributed by atoms with Gasteiger partial charge in [0.25, 0.3) is 0 Å². The molecule has 3 heteroatoms. The molecule has 1 N–H and O–H groups in total. The molecule has 1 saturated heterocycles. The highest BCUT2D eigenvalue weighted by atomic mass is 16.5. The van der Waals surface area contributed by atoms with Crippen LogP contribution in [0.2, 0.25) is 0 Å². The number of carboxylic acid groups (broad SMARTS) is 1. The zero-order valence-electron chi connectivity index (χ0n) is 6.96. The van der Waals surface area contributed by atoms with Gasteiger partial charge < -0.3 is 9.84 Å². The maximum absolute atomic E-state index is 10.8. The van der Waals surface area contributed by atoms with Gasteiger partial charge in [0.15, 0.2) is 5.60 Å². The average Bonchev–Trinajstić information content (AvgIpc) is 2.34. The van der Waals surface area contributed by atoms with E-state index in [1.165, 1.54) is 0 Å². The van der Waals surface area contributed by atoms with E-state index in [0.29, 0.717) is 13.0 Å². The second kappa shape index (κ2) is 2.81. The molecule has 11 heavy (non-hydrogen) atoms. The molecule has 1 heterocycles. The van der Waals surface area contributed by atoms with Gasteiger partial charge in [-0.1, -0.05) is 13.8 Å². The van der Waals surface area contributed by atoms with Crippen molar-refractivity contribution in [2.24, 2.45) is 5.92 Å². The van der Waals surface area contributed by atoms with Gasteiger partial charge in [0, 0.05) is 6.61 Å². The molecule has 0 aromatic heterocycles. The molecule has 3 nitrogen and oxygen atoms in total. The van der Waals surface area contributed by atoms with E-state index >= 15 is 0 Å². The molecule has 1 aliphatic heterocycles. The normalized spacial score (nSPS) is 31.2. The number of rotatable bonds is 2. The van der Waals surface area contributed by atoms with E-state index in [9.17, 15) is 4.79 Å². The van der Waals surface area contributed by atoms with Gasteiger partial charge in [-0.05, 0) is 18.8 Å². The van der Waals surface area contributed by atoms with Crippen molar-refractivity contribution < 1.29 is 14.6 Å². The maximum atomic E-state index is 10.8. The number of carboxylic acids is 1. The lowest BCUT2D eigenvalue weighted by molar-refractivity contribution is -0.165. The van der Waals surface area contributed by atoms with E-state index in [2.05, 4.69) is 0 Å². The molecule has 64 valence electrons. The summed E-state index contributed by atoms with van der Waals surface area (Å²) in [6.45, 7) is 4.36. The van der Waals surface area contributed by atoms with Crippen molar-refractivity contribution in [1.29, 1.82) is 0 Å². The SMILES string of the molecule is CC(C)[C@@]1(C(=O)O)CCCO1. The van der Waals surface area contributed by atoms with Gasteiger partial charge in [-0.25, -0.2) is 4.79 Å². The molecule has 1 aliphatic rings. The highest BCUT2D eigenvalue weighted by Gasteiger charge is 2.45. The van der Waals surface area contributed by atoms with Crippen LogP contribution < -0.4 is 0 Å². The predicted octanol–water partition coefficient (Wildman–Crippen LogP) is 1.28. The zero-order chi connectivity index (χ0) is 8.48. The Hall–Kier alpha value is -0.570. The number of hydrogen-bond acceptors (Lipinski definition) is 2. The van der Waals surface area contributed by atoms with Gasteiger partial charge in [-0.2, -0.15) is 0 Å². The number of carbonyl (C=O) groups is 1. The standard InChI is InChI=1S/C8H14O3/c1-6(2)8(7(9)10)4-3-5-11-8/h6H,3-5H2,1-2H3,(H,9,10)/t8-/m1/s1. The van der Waals surface area contributed by atoms with Crippen LogP contribution in [-0.2, 0) is 9.53 Å². The fraction of sp³-hybridized carbons (Fsp3) is 0.875. The first-order valence-electron chi connectivity index (χ1n) is 3.97. The topological polar surface area (TPSA) is 46.5 Å². The van der Waals surface area contributed by atoms with Crippen molar-refractivity contribution in [1.82, 2.24) is 0 Å². The van der Waals surface area contributed by atoms with E-state index in [1.807, 2.05) is 13.8 Å². The molecule has 0 aromatic rings. The van der Waals surface area contributed by atoms with Gasteiger partial charge in [0.2, 0.25) is 0 Å². The van der Waals surface area contributed by atoms with E-state index in [0.717, 1.165) is 6.42 Å². The van der Waals surface area contributed by atoms with Gasteiger partial charge in [-0.3, -0.25) is 0 Å². The third-order valence-electron chi connectivity index (χ3n) is 2.35. The maximum Gasteiger partial charge on any atom is 0.336 e. The summed E-state index contributed by atoms with van der Waals surface area (Å²) >= 11 is 0. The van der Waals surface area contributed by atoms with Crippen LogP contribution in [0.3, 0.4) is 0 Å². The van der Waals surface area contributed by atoms with Gasteiger partial charge in [0.05, 0.1) is 0 Å². The summed E-state index contributed by atoms with van der Waals surface area (Å²) in [7, 11) is 0. The Bertz CT molecular complexity index is 157. The lowest BCUT2D eigenvalue weighted by atomic mass is 9.88. The summed E-state index contributed by atoms with van der Waals surface area (Å²) in [5.74, 6) is -0.757. The first kappa shape index (κ1) is 8.53. The Morgan fingerprint density at radius 1 is 1.64 bits per heavy atom. The summed E-state index contributed by atoms with van der Waals surface area (Å²) in [5, 5.41) is 8.91. The molecular weight excluding hydrogens is 144 g/mol. The number of ether oxygens (including phenoxy) is 1. The summed E-state index contributed by atoms with van der Waals surface area (Å²) in [6.07, 6.45) is 1.52. The minimum Gasteiger partial charge on any atom is -0.479 e. The zero-order valence-corrected chi connectivity index (χ0v) is 6.96. The average molecular weight is 158 g/mol. The molecule has 1 rings (SSSR count). The molecule has 0 radical (unpaired) electrons. The fourth-order valence-corrected chi connectivity index (χ4v) is 1.53. The van der Waals surface area contributed by atoms with Crippen LogP contribution in [0.5, 0.6) is 0 Å². The van der Waals surface area contributed by atoms with Gasteiger partial charge in [-0.15, -0.1) is 0 Å². The smallest absolute Gasteiger partial charge is 0.336 e. The molecule has 1 fully saturated rings. The summed E-state index contributed by atoms with van der Waals surface area (Å²) < 4.78 is 5.26. The first-order valence-corrected chi connectivity index (χ1v) is 3.97. The summed E-state index contributed by atoms with van der Waals surface area (Å²) in [5.41, 5.74) is -0.889. The van der Waals surface area contributed by atoms with Crippen LogP contribution in [0.1, 0.15) is 26.7 Å². The third-order valence-corrected chi connectivity index (χ3v) is 2.35. The summed E-state index contributed by atoms with van der Waals surface area (Å²) in [6, 6.07) is 0. The summed E-state index contributed by atoms with van der Waals surface area (Å²) in [4.78, 5) is 10.8. The Balaban J connectivity index is 2.79. The Kier molecular flexibility index (Phi) is 2.18. The van der Waals surface area contributed by atoms with E-state index in [-0.39, 0.29) is 5.92 Å². The second-order valence-electron chi connectivity index (χ2n) is 3.30. The van der Waals surface area contributed by atoms with Gasteiger partial charge >= 0.3 is 5.97 Å². The van der Waals surface area contributed by atoms with E-state index < -0.39 is 11.6 Å². The van der Waals surface area contributed by atoms with Crippen LogP contribution in [0.25, 0.3) is 0 Å². The lowest BCUT2D eigenvalue weighted by Gasteiger charge is -2.27. The molecule has 0 saturated carbocycles. The Morgan fingerprint density at radius 3 is 2.45 bits per heavy atom. The van der Waals surface area contributed by atoms with Crippen LogP contribution in [-0.4, -0.2) is 23.3 Å². The monoisotopic (exact) mass is 158 g/mol. The third kappa shape index (κ3) is 1.25. The lowest BCUT2D eigenvalue weighted by Crippen LogP contribution is -2.42. The van der Waals surface area contributed by atoms with Crippen molar-refractivity contribution in [3.8, 4) is 0 Å². The van der Waals surface area contributed by atoms with Crippen molar-refractivity contribution in [3.05, 3.63) is 0 Å². The Morgan fingerprint density at radius 2 is 2.27 bits per heavy atom. The Labute approximate surface area is 66.4 Å². The van der Waals surface area contributed by atoms with Crippen LogP contribution in [0.15, 0.2) is 0 Å². The molecule has 0 aliphatic carbocycles. The van der Waals surface area contributed by atoms with Crippen LogP contribution in [0, 0.1) is 5.92 Å². The fourth-order valence-electron chi connectivity index (χ4n) is 1.53. The molecule has 1 atom stereocenters. The molecular formula is C8H14O3. The van der Waals surface area contributed by atoms with Crippen molar-refractivity contribution >= 4 is 5.97 Å². The van der Waals surface area contributed by atoms with Gasteiger partial charge in [0.1, 0.15) is 0 Å². The molecule has 0 bridgehead atoms. The molecule has 0 amide bonds. The second-order valence-corrected chi connectivity index (χ2v) is 3.30.